The van der Waals surface area contributed by atoms with Crippen LogP contribution in [0.3, 0.4) is 0 Å². The predicted molar refractivity (Wildman–Crippen MR) is 125 cm³/mol. The summed E-state index contributed by atoms with van der Waals surface area (Å²) < 4.78 is 24.2. The van der Waals surface area contributed by atoms with Crippen molar-refractivity contribution in [3.63, 3.8) is 0 Å². The number of hydrogen-bond acceptors (Lipinski definition) is 6. The maximum atomic E-state index is 12.6. The van der Waals surface area contributed by atoms with Crippen molar-refractivity contribution < 1.29 is 13.2 Å². The maximum Gasteiger partial charge on any atom is 0.234 e. The van der Waals surface area contributed by atoms with E-state index in [1.54, 1.807) is 12.1 Å². The molecule has 2 aromatic rings. The number of hydrogen-bond donors (Lipinski definition) is 1. The summed E-state index contributed by atoms with van der Waals surface area (Å²) in [5.74, 6) is 0.156. The van der Waals surface area contributed by atoms with E-state index in [9.17, 15) is 13.2 Å². The van der Waals surface area contributed by atoms with Gasteiger partial charge in [0.15, 0.2) is 15.0 Å². The lowest BCUT2D eigenvalue weighted by molar-refractivity contribution is -0.113. The first-order valence-electron chi connectivity index (χ1n) is 9.55. The van der Waals surface area contributed by atoms with Crippen LogP contribution in [0.1, 0.15) is 11.1 Å². The highest BCUT2D eigenvalue weighted by Crippen LogP contribution is 2.35. The summed E-state index contributed by atoms with van der Waals surface area (Å²) in [6.07, 6.45) is 0. The summed E-state index contributed by atoms with van der Waals surface area (Å²) in [5, 5.41) is 4.22. The van der Waals surface area contributed by atoms with Gasteiger partial charge in [-0.2, -0.15) is 0 Å². The number of amidine groups is 1. The molecule has 0 spiro atoms. The molecule has 0 aromatic heterocycles. The molecule has 0 radical (unpaired) electrons. The van der Waals surface area contributed by atoms with Crippen LogP contribution in [-0.4, -0.2) is 48.8 Å². The van der Waals surface area contributed by atoms with Gasteiger partial charge in [-0.25, -0.2) is 8.42 Å². The Morgan fingerprint density at radius 1 is 1.20 bits per heavy atom. The molecule has 2 aliphatic heterocycles. The van der Waals surface area contributed by atoms with Gasteiger partial charge >= 0.3 is 0 Å². The minimum atomic E-state index is -3.12. The number of sulfone groups is 1. The number of thioether (sulfide) groups is 1. The van der Waals surface area contributed by atoms with E-state index in [1.165, 1.54) is 11.8 Å². The number of aryl methyl sites for hydroxylation is 2. The summed E-state index contributed by atoms with van der Waals surface area (Å²) in [7, 11) is -3.12. The number of benzene rings is 2. The average molecular weight is 464 g/mol. The van der Waals surface area contributed by atoms with Crippen molar-refractivity contribution in [2.45, 2.75) is 25.9 Å². The summed E-state index contributed by atoms with van der Waals surface area (Å²) in [4.78, 5) is 19.1. The lowest BCUT2D eigenvalue weighted by atomic mass is 10.1. The zero-order chi connectivity index (χ0) is 21.5. The van der Waals surface area contributed by atoms with Crippen molar-refractivity contribution in [2.75, 3.05) is 27.5 Å². The number of aliphatic imine (C=N–C) groups is 1. The zero-order valence-corrected chi connectivity index (χ0v) is 19.0. The molecule has 9 heteroatoms. The van der Waals surface area contributed by atoms with Gasteiger partial charge in [0, 0.05) is 16.4 Å². The zero-order valence-electron chi connectivity index (χ0n) is 16.6. The van der Waals surface area contributed by atoms with Crippen LogP contribution in [0.2, 0.25) is 5.02 Å². The second-order valence-electron chi connectivity index (χ2n) is 7.62. The number of halogens is 1. The Morgan fingerprint density at radius 3 is 2.67 bits per heavy atom. The summed E-state index contributed by atoms with van der Waals surface area (Å²) in [6.45, 7) is 3.93. The Kier molecular flexibility index (Phi) is 5.83. The van der Waals surface area contributed by atoms with Gasteiger partial charge in [0.05, 0.1) is 29.3 Å². The van der Waals surface area contributed by atoms with E-state index in [2.05, 4.69) is 10.3 Å². The summed E-state index contributed by atoms with van der Waals surface area (Å²) in [5.41, 5.74) is 3.70. The van der Waals surface area contributed by atoms with Crippen LogP contribution in [0.15, 0.2) is 47.5 Å². The molecular weight excluding hydrogens is 442 g/mol. The molecule has 4 rings (SSSR count). The highest BCUT2D eigenvalue weighted by molar-refractivity contribution is 8.14. The van der Waals surface area contributed by atoms with E-state index < -0.39 is 9.84 Å². The van der Waals surface area contributed by atoms with Crippen LogP contribution in [0, 0.1) is 13.8 Å². The molecule has 1 saturated heterocycles. The molecule has 2 heterocycles. The first-order chi connectivity index (χ1) is 14.2. The molecule has 0 aliphatic carbocycles. The fourth-order valence-electron chi connectivity index (χ4n) is 3.72. The summed E-state index contributed by atoms with van der Waals surface area (Å²) >= 11 is 7.33. The highest BCUT2D eigenvalue weighted by Gasteiger charge is 2.47. The van der Waals surface area contributed by atoms with Crippen LogP contribution >= 0.6 is 23.4 Å². The van der Waals surface area contributed by atoms with E-state index in [0.717, 1.165) is 22.5 Å². The van der Waals surface area contributed by atoms with E-state index in [1.807, 2.05) is 49.1 Å². The fourth-order valence-corrected chi connectivity index (χ4v) is 6.62. The van der Waals surface area contributed by atoms with Crippen LogP contribution in [0.25, 0.3) is 0 Å². The number of nitrogens with one attached hydrogen (secondary N) is 1. The molecule has 30 heavy (non-hydrogen) atoms. The third kappa shape index (κ3) is 4.50. The SMILES string of the molecule is Cc1ccc(C)c(NC(=O)CSC2=N[C@@H]3CS(=O)(=O)C[C@H]3N2c2ccc(Cl)cc2)c1. The van der Waals surface area contributed by atoms with Gasteiger partial charge in [0.2, 0.25) is 5.91 Å². The molecule has 0 unspecified atom stereocenters. The molecule has 2 atom stereocenters. The van der Waals surface area contributed by atoms with Gasteiger partial charge < -0.3 is 10.2 Å². The Bertz CT molecular complexity index is 1120. The molecule has 158 valence electrons. The van der Waals surface area contributed by atoms with Crippen molar-refractivity contribution in [3.8, 4) is 0 Å². The van der Waals surface area contributed by atoms with Gasteiger partial charge in [0.25, 0.3) is 0 Å². The smallest absolute Gasteiger partial charge is 0.234 e. The monoisotopic (exact) mass is 463 g/mol. The fraction of sp³-hybridized carbons (Fsp3) is 0.333. The van der Waals surface area contributed by atoms with Gasteiger partial charge in [-0.05, 0) is 55.3 Å². The quantitative estimate of drug-likeness (QED) is 0.748. The molecule has 1 amide bonds. The van der Waals surface area contributed by atoms with E-state index in [0.29, 0.717) is 10.2 Å². The van der Waals surface area contributed by atoms with Gasteiger partial charge in [0.1, 0.15) is 0 Å². The molecule has 0 bridgehead atoms. The molecule has 6 nitrogen and oxygen atoms in total. The van der Waals surface area contributed by atoms with Crippen molar-refractivity contribution in [1.82, 2.24) is 0 Å². The van der Waals surface area contributed by atoms with Crippen LogP contribution in [-0.2, 0) is 14.6 Å². The number of carbonyl (C=O) groups excluding carboxylic acids is 1. The second kappa shape index (κ2) is 8.24. The number of nitrogens with zero attached hydrogens (tertiary/aromatic N) is 2. The number of carbonyl (C=O) groups is 1. The predicted octanol–water partition coefficient (Wildman–Crippen LogP) is 3.67. The Hall–Kier alpha value is -2.03. The normalized spacial score (nSPS) is 22.0. The van der Waals surface area contributed by atoms with E-state index in [4.69, 9.17) is 11.6 Å². The van der Waals surface area contributed by atoms with Crippen molar-refractivity contribution in [2.24, 2.45) is 4.99 Å². The average Bonchev–Trinajstić information content (AvgIpc) is 3.15. The number of anilines is 2. The first kappa shape index (κ1) is 21.2. The number of amides is 1. The maximum absolute atomic E-state index is 12.6. The van der Waals surface area contributed by atoms with Crippen LogP contribution < -0.4 is 10.2 Å². The van der Waals surface area contributed by atoms with Gasteiger partial charge in [-0.15, -0.1) is 0 Å². The molecule has 2 aromatic carbocycles. The van der Waals surface area contributed by atoms with E-state index >= 15 is 0 Å². The number of rotatable bonds is 4. The lowest BCUT2D eigenvalue weighted by Crippen LogP contribution is -2.39. The second-order valence-corrected chi connectivity index (χ2v) is 11.2. The van der Waals surface area contributed by atoms with Crippen LogP contribution in [0.4, 0.5) is 11.4 Å². The standard InChI is InChI=1S/C21H22ClN3O3S2/c1-13-3-4-14(2)17(9-13)23-20(26)10-29-21-24-18-11-30(27,28)12-19(18)25(21)16-7-5-15(22)6-8-16/h3-9,18-19H,10-12H2,1-2H3,(H,23,26)/t18-,19-/m1/s1. The first-order valence-corrected chi connectivity index (χ1v) is 12.7. The Morgan fingerprint density at radius 2 is 1.93 bits per heavy atom. The van der Waals surface area contributed by atoms with Crippen molar-refractivity contribution in [3.05, 3.63) is 58.6 Å². The van der Waals surface area contributed by atoms with Gasteiger partial charge in [-0.3, -0.25) is 9.79 Å². The Labute approximate surface area is 185 Å². The lowest BCUT2D eigenvalue weighted by Gasteiger charge is -2.26. The third-order valence-corrected chi connectivity index (χ3v) is 8.13. The van der Waals surface area contributed by atoms with Crippen LogP contribution in [0.5, 0.6) is 0 Å². The molecule has 0 saturated carbocycles. The van der Waals surface area contributed by atoms with Crippen molar-refractivity contribution in [1.29, 1.82) is 0 Å². The molecular formula is C21H22ClN3O3S2. The summed E-state index contributed by atoms with van der Waals surface area (Å²) in [6, 6.07) is 12.6. The Balaban J connectivity index is 1.50. The highest BCUT2D eigenvalue weighted by atomic mass is 35.5. The topological polar surface area (TPSA) is 78.8 Å². The third-order valence-electron chi connectivity index (χ3n) is 5.21. The molecule has 1 N–H and O–H groups in total. The van der Waals surface area contributed by atoms with E-state index in [-0.39, 0.29) is 35.2 Å². The van der Waals surface area contributed by atoms with Gasteiger partial charge in [-0.1, -0.05) is 35.5 Å². The molecule has 1 fully saturated rings. The van der Waals surface area contributed by atoms with Crippen molar-refractivity contribution >= 4 is 55.6 Å². The largest absolute Gasteiger partial charge is 0.325 e. The minimum Gasteiger partial charge on any atom is -0.325 e. The number of fused-ring (bicyclic) bond motifs is 1. The molecule has 2 aliphatic rings. The minimum absolute atomic E-state index is 0.0422.